The molecule has 0 aliphatic carbocycles. The highest BCUT2D eigenvalue weighted by Gasteiger charge is 2.06. The summed E-state index contributed by atoms with van der Waals surface area (Å²) < 4.78 is 18.6. The summed E-state index contributed by atoms with van der Waals surface area (Å²) in [6.07, 6.45) is -0.596. The monoisotopic (exact) mass is 295 g/mol. The van der Waals surface area contributed by atoms with E-state index in [-0.39, 0.29) is 19.0 Å². The van der Waals surface area contributed by atoms with Crippen LogP contribution in [0, 0.1) is 5.82 Å². The normalized spacial score (nSPS) is 12.5. The van der Waals surface area contributed by atoms with Gasteiger partial charge in [0.2, 0.25) is 0 Å². The first-order valence-corrected chi connectivity index (χ1v) is 7.36. The fourth-order valence-corrected chi connectivity index (χ4v) is 2.43. The van der Waals surface area contributed by atoms with Crippen molar-refractivity contribution < 1.29 is 14.2 Å². The van der Waals surface area contributed by atoms with Gasteiger partial charge in [-0.1, -0.05) is 24.3 Å². The van der Waals surface area contributed by atoms with Gasteiger partial charge in [0.15, 0.2) is 0 Å². The molecular formula is C15H18FNO2S. The van der Waals surface area contributed by atoms with Crippen LogP contribution in [0.15, 0.2) is 41.8 Å². The van der Waals surface area contributed by atoms with E-state index in [1.54, 1.807) is 29.5 Å². The summed E-state index contributed by atoms with van der Waals surface area (Å²) in [4.78, 5) is 1.23. The molecule has 108 valence electrons. The van der Waals surface area contributed by atoms with Crippen LogP contribution >= 0.6 is 11.3 Å². The van der Waals surface area contributed by atoms with Crippen molar-refractivity contribution in [3.63, 3.8) is 0 Å². The molecule has 1 heterocycles. The maximum Gasteiger partial charge on any atom is 0.128 e. The average molecular weight is 295 g/mol. The largest absolute Gasteiger partial charge is 0.389 e. The third-order valence-corrected chi connectivity index (χ3v) is 3.66. The van der Waals surface area contributed by atoms with Crippen molar-refractivity contribution >= 4 is 11.3 Å². The molecule has 2 aromatic rings. The molecule has 2 N–H and O–H groups in total. The summed E-state index contributed by atoms with van der Waals surface area (Å²) in [5, 5.41) is 14.9. The van der Waals surface area contributed by atoms with Gasteiger partial charge in [-0.25, -0.2) is 4.39 Å². The summed E-state index contributed by atoms with van der Waals surface area (Å²) in [5.74, 6) is -0.280. The molecule has 5 heteroatoms. The van der Waals surface area contributed by atoms with Gasteiger partial charge in [-0.3, -0.25) is 0 Å². The summed E-state index contributed by atoms with van der Waals surface area (Å²) in [6, 6.07) is 10.5. The molecule has 0 spiro atoms. The molecule has 0 aliphatic rings. The molecule has 0 amide bonds. The Morgan fingerprint density at radius 1 is 1.25 bits per heavy atom. The van der Waals surface area contributed by atoms with Crippen LogP contribution in [-0.4, -0.2) is 24.4 Å². The van der Waals surface area contributed by atoms with Crippen molar-refractivity contribution in [2.75, 3.05) is 13.2 Å². The lowest BCUT2D eigenvalue weighted by Crippen LogP contribution is -2.29. The van der Waals surface area contributed by atoms with E-state index in [1.807, 2.05) is 17.5 Å². The predicted molar refractivity (Wildman–Crippen MR) is 78.1 cm³/mol. The number of hydrogen-bond acceptors (Lipinski definition) is 4. The Kier molecular flexibility index (Phi) is 6.14. The molecular weight excluding hydrogens is 277 g/mol. The van der Waals surface area contributed by atoms with Crippen LogP contribution in [0.5, 0.6) is 0 Å². The second-order valence-electron chi connectivity index (χ2n) is 4.47. The number of nitrogens with one attached hydrogen (secondary N) is 1. The van der Waals surface area contributed by atoms with E-state index in [1.165, 1.54) is 10.9 Å². The molecule has 1 atom stereocenters. The van der Waals surface area contributed by atoms with Gasteiger partial charge in [-0.2, -0.15) is 0 Å². The third kappa shape index (κ3) is 5.02. The van der Waals surface area contributed by atoms with Crippen LogP contribution in [0.1, 0.15) is 10.4 Å². The zero-order chi connectivity index (χ0) is 14.2. The summed E-state index contributed by atoms with van der Waals surface area (Å²) in [7, 11) is 0. The molecule has 2 rings (SSSR count). The van der Waals surface area contributed by atoms with Crippen molar-refractivity contribution in [3.05, 3.63) is 58.0 Å². The van der Waals surface area contributed by atoms with Gasteiger partial charge in [0, 0.05) is 23.5 Å². The van der Waals surface area contributed by atoms with Gasteiger partial charge in [0.05, 0.1) is 19.3 Å². The molecule has 0 bridgehead atoms. The molecule has 0 aliphatic heterocycles. The first-order valence-electron chi connectivity index (χ1n) is 6.48. The quantitative estimate of drug-likeness (QED) is 0.786. The lowest BCUT2D eigenvalue weighted by atomic mass is 10.2. The Bertz CT molecular complexity index is 504. The van der Waals surface area contributed by atoms with Crippen molar-refractivity contribution in [1.82, 2.24) is 5.32 Å². The minimum Gasteiger partial charge on any atom is -0.389 e. The molecule has 1 unspecified atom stereocenters. The molecule has 0 saturated heterocycles. The Balaban J connectivity index is 1.60. The van der Waals surface area contributed by atoms with Crippen molar-refractivity contribution in [1.29, 1.82) is 0 Å². The first kappa shape index (κ1) is 15.1. The van der Waals surface area contributed by atoms with Crippen molar-refractivity contribution in [3.8, 4) is 0 Å². The smallest absolute Gasteiger partial charge is 0.128 e. The Labute approximate surface area is 122 Å². The number of hydrogen-bond donors (Lipinski definition) is 2. The Hall–Kier alpha value is -1.27. The van der Waals surface area contributed by atoms with E-state index in [0.29, 0.717) is 12.1 Å². The number of aliphatic hydroxyl groups excluding tert-OH is 1. The van der Waals surface area contributed by atoms with Gasteiger partial charge >= 0.3 is 0 Å². The summed E-state index contributed by atoms with van der Waals surface area (Å²) >= 11 is 1.67. The third-order valence-electron chi connectivity index (χ3n) is 2.78. The summed E-state index contributed by atoms with van der Waals surface area (Å²) in [5.41, 5.74) is 0.506. The molecule has 3 nitrogen and oxygen atoms in total. The van der Waals surface area contributed by atoms with E-state index < -0.39 is 6.10 Å². The second kappa shape index (κ2) is 8.11. The Morgan fingerprint density at radius 2 is 2.10 bits per heavy atom. The Morgan fingerprint density at radius 3 is 2.85 bits per heavy atom. The predicted octanol–water partition coefficient (Wildman–Crippen LogP) is 2.55. The lowest BCUT2D eigenvalue weighted by Gasteiger charge is -2.12. The number of benzene rings is 1. The molecule has 1 aromatic heterocycles. The molecule has 0 fully saturated rings. The van der Waals surface area contributed by atoms with E-state index in [4.69, 9.17) is 4.74 Å². The SMILES string of the molecule is OC(CNCc1cccs1)COCc1ccccc1F. The highest BCUT2D eigenvalue weighted by atomic mass is 32.1. The first-order chi connectivity index (χ1) is 9.75. The van der Waals surface area contributed by atoms with E-state index >= 15 is 0 Å². The number of rotatable bonds is 8. The highest BCUT2D eigenvalue weighted by molar-refractivity contribution is 7.09. The number of thiophene rings is 1. The van der Waals surface area contributed by atoms with Crippen LogP contribution in [0.3, 0.4) is 0 Å². The lowest BCUT2D eigenvalue weighted by molar-refractivity contribution is 0.0278. The minimum absolute atomic E-state index is 0.175. The van der Waals surface area contributed by atoms with Crippen LogP contribution < -0.4 is 5.32 Å². The van der Waals surface area contributed by atoms with E-state index in [2.05, 4.69) is 5.32 Å². The van der Waals surface area contributed by atoms with Gasteiger partial charge < -0.3 is 15.2 Å². The van der Waals surface area contributed by atoms with Gasteiger partial charge in [0.25, 0.3) is 0 Å². The molecule has 1 aromatic carbocycles. The molecule has 0 saturated carbocycles. The standard InChI is InChI=1S/C15H18FNO2S/c16-15-6-2-1-4-12(15)10-19-11-13(18)8-17-9-14-5-3-7-20-14/h1-7,13,17-18H,8-11H2. The van der Waals surface area contributed by atoms with Gasteiger partial charge in [-0.15, -0.1) is 11.3 Å². The average Bonchev–Trinajstić information content (AvgIpc) is 2.94. The number of ether oxygens (including phenoxy) is 1. The molecule has 20 heavy (non-hydrogen) atoms. The van der Waals surface area contributed by atoms with Crippen LogP contribution in [0.25, 0.3) is 0 Å². The van der Waals surface area contributed by atoms with E-state index in [0.717, 1.165) is 6.54 Å². The van der Waals surface area contributed by atoms with Crippen molar-refractivity contribution in [2.24, 2.45) is 0 Å². The van der Waals surface area contributed by atoms with Gasteiger partial charge in [-0.05, 0) is 17.5 Å². The molecule has 0 radical (unpaired) electrons. The fourth-order valence-electron chi connectivity index (χ4n) is 1.75. The van der Waals surface area contributed by atoms with Crippen LogP contribution in [0.2, 0.25) is 0 Å². The maximum atomic E-state index is 13.3. The summed E-state index contributed by atoms with van der Waals surface area (Å²) in [6.45, 7) is 1.55. The zero-order valence-corrected chi connectivity index (χ0v) is 11.9. The van der Waals surface area contributed by atoms with Gasteiger partial charge in [0.1, 0.15) is 5.82 Å². The fraction of sp³-hybridized carbons (Fsp3) is 0.333. The second-order valence-corrected chi connectivity index (χ2v) is 5.50. The number of aliphatic hydroxyl groups is 1. The highest BCUT2D eigenvalue weighted by Crippen LogP contribution is 2.08. The van der Waals surface area contributed by atoms with Crippen molar-refractivity contribution in [2.45, 2.75) is 19.3 Å². The zero-order valence-electron chi connectivity index (χ0n) is 11.1. The minimum atomic E-state index is -0.596. The maximum absolute atomic E-state index is 13.3. The topological polar surface area (TPSA) is 41.5 Å². The number of halogens is 1. The van der Waals surface area contributed by atoms with Crippen LogP contribution in [0.4, 0.5) is 4.39 Å². The van der Waals surface area contributed by atoms with E-state index in [9.17, 15) is 9.50 Å². The van der Waals surface area contributed by atoms with Crippen LogP contribution in [-0.2, 0) is 17.9 Å².